The molecule has 0 aliphatic heterocycles. The zero-order valence-corrected chi connectivity index (χ0v) is 14.4. The van der Waals surface area contributed by atoms with Gasteiger partial charge in [0.1, 0.15) is 5.82 Å². The topological polar surface area (TPSA) is 17.8 Å². The zero-order valence-electron chi connectivity index (χ0n) is 13.6. The number of fused-ring (bicyclic) bond motifs is 1. The van der Waals surface area contributed by atoms with Crippen LogP contribution in [0.25, 0.3) is 23.2 Å². The molecule has 0 fully saturated rings. The van der Waals surface area contributed by atoms with Crippen LogP contribution in [0.2, 0.25) is 5.02 Å². The summed E-state index contributed by atoms with van der Waals surface area (Å²) in [4.78, 5) is 4.79. The van der Waals surface area contributed by atoms with E-state index < -0.39 is 0 Å². The van der Waals surface area contributed by atoms with Gasteiger partial charge in [-0.3, -0.25) is 0 Å². The maximum Gasteiger partial charge on any atom is 0.134 e. The summed E-state index contributed by atoms with van der Waals surface area (Å²) in [6.07, 6.45) is 4.05. The molecule has 0 N–H and O–H groups in total. The number of imidazole rings is 1. The van der Waals surface area contributed by atoms with Crippen molar-refractivity contribution in [2.24, 2.45) is 0 Å². The van der Waals surface area contributed by atoms with Crippen molar-refractivity contribution < 1.29 is 0 Å². The highest BCUT2D eigenvalue weighted by Gasteiger charge is 2.08. The number of aromatic nitrogens is 2. The summed E-state index contributed by atoms with van der Waals surface area (Å²) in [6.45, 7) is 0.781. The Morgan fingerprint density at radius 1 is 0.800 bits per heavy atom. The molecule has 4 rings (SSSR count). The highest BCUT2D eigenvalue weighted by Crippen LogP contribution is 2.21. The van der Waals surface area contributed by atoms with Crippen molar-refractivity contribution >= 4 is 34.8 Å². The number of benzene rings is 3. The van der Waals surface area contributed by atoms with Crippen molar-refractivity contribution in [2.45, 2.75) is 6.54 Å². The van der Waals surface area contributed by atoms with E-state index in [4.69, 9.17) is 16.6 Å². The Bertz CT molecular complexity index is 1030. The average Bonchev–Trinajstić information content (AvgIpc) is 3.00. The van der Waals surface area contributed by atoms with Gasteiger partial charge in [-0.25, -0.2) is 4.98 Å². The highest BCUT2D eigenvalue weighted by atomic mass is 35.5. The summed E-state index contributed by atoms with van der Waals surface area (Å²) in [5, 5.41) is 0.740. The lowest BCUT2D eigenvalue weighted by Gasteiger charge is -2.07. The van der Waals surface area contributed by atoms with Crippen molar-refractivity contribution in [3.63, 3.8) is 0 Å². The molecule has 0 saturated heterocycles. The summed E-state index contributed by atoms with van der Waals surface area (Å²) in [5.41, 5.74) is 4.36. The van der Waals surface area contributed by atoms with Crippen LogP contribution in [0, 0.1) is 0 Å². The molecule has 2 nitrogen and oxygen atoms in total. The predicted molar refractivity (Wildman–Crippen MR) is 106 cm³/mol. The third-order valence-corrected chi connectivity index (χ3v) is 4.53. The van der Waals surface area contributed by atoms with Gasteiger partial charge < -0.3 is 4.57 Å². The van der Waals surface area contributed by atoms with Gasteiger partial charge in [-0.1, -0.05) is 72.3 Å². The minimum Gasteiger partial charge on any atom is -0.320 e. The first-order chi connectivity index (χ1) is 12.3. The molecule has 122 valence electrons. The normalized spacial score (nSPS) is 11.4. The van der Waals surface area contributed by atoms with Crippen molar-refractivity contribution in [1.82, 2.24) is 9.55 Å². The number of hydrogen-bond donors (Lipinski definition) is 0. The first-order valence-electron chi connectivity index (χ1n) is 8.23. The van der Waals surface area contributed by atoms with E-state index in [2.05, 4.69) is 34.9 Å². The zero-order chi connectivity index (χ0) is 17.1. The molecule has 0 saturated carbocycles. The lowest BCUT2D eigenvalue weighted by Crippen LogP contribution is -2.01. The molecule has 3 aromatic carbocycles. The Hall–Kier alpha value is -2.84. The molecule has 0 radical (unpaired) electrons. The fourth-order valence-electron chi connectivity index (χ4n) is 2.93. The predicted octanol–water partition coefficient (Wildman–Crippen LogP) is 5.91. The van der Waals surface area contributed by atoms with Crippen molar-refractivity contribution in [2.75, 3.05) is 0 Å². The highest BCUT2D eigenvalue weighted by molar-refractivity contribution is 6.32. The Morgan fingerprint density at radius 2 is 1.52 bits per heavy atom. The summed E-state index contributed by atoms with van der Waals surface area (Å²) in [5.74, 6) is 0.921. The van der Waals surface area contributed by atoms with Crippen molar-refractivity contribution in [1.29, 1.82) is 0 Å². The maximum absolute atomic E-state index is 6.26. The largest absolute Gasteiger partial charge is 0.320 e. The van der Waals surface area contributed by atoms with E-state index in [1.54, 1.807) is 0 Å². The Kier molecular flexibility index (Phi) is 4.36. The van der Waals surface area contributed by atoms with Gasteiger partial charge in [0, 0.05) is 11.6 Å². The first kappa shape index (κ1) is 15.7. The van der Waals surface area contributed by atoms with Crippen LogP contribution in [0.1, 0.15) is 17.0 Å². The minimum absolute atomic E-state index is 0.740. The molecule has 0 unspecified atom stereocenters. The lowest BCUT2D eigenvalue weighted by atomic mass is 10.2. The van der Waals surface area contributed by atoms with Gasteiger partial charge in [0.25, 0.3) is 0 Å². The Labute approximate surface area is 152 Å². The molecule has 0 bridgehead atoms. The van der Waals surface area contributed by atoms with Crippen LogP contribution < -0.4 is 0 Å². The second-order valence-corrected chi connectivity index (χ2v) is 6.29. The van der Waals surface area contributed by atoms with E-state index >= 15 is 0 Å². The number of para-hydroxylation sites is 2. The van der Waals surface area contributed by atoms with Gasteiger partial charge in [-0.2, -0.15) is 0 Å². The molecule has 0 aliphatic rings. The Balaban J connectivity index is 1.78. The van der Waals surface area contributed by atoms with Gasteiger partial charge in [0.05, 0.1) is 11.0 Å². The van der Waals surface area contributed by atoms with Gasteiger partial charge in [0.15, 0.2) is 0 Å². The fraction of sp³-hybridized carbons (Fsp3) is 0.0455. The van der Waals surface area contributed by atoms with E-state index in [1.165, 1.54) is 5.56 Å². The Morgan fingerprint density at radius 3 is 2.36 bits per heavy atom. The van der Waals surface area contributed by atoms with Crippen molar-refractivity contribution in [3.8, 4) is 0 Å². The number of hydrogen-bond acceptors (Lipinski definition) is 1. The standard InChI is InChI=1S/C22H17ClN2/c23-19-11-5-4-10-18(19)14-15-22-24-20-12-6-7-13-21(20)25(22)16-17-8-2-1-3-9-17/h1-15H,16H2/b15-14+. The van der Waals surface area contributed by atoms with E-state index in [1.807, 2.05) is 60.7 Å². The van der Waals surface area contributed by atoms with Crippen LogP contribution in [0.3, 0.4) is 0 Å². The lowest BCUT2D eigenvalue weighted by molar-refractivity contribution is 0.814. The summed E-state index contributed by atoms with van der Waals surface area (Å²) in [6, 6.07) is 26.5. The molecule has 25 heavy (non-hydrogen) atoms. The number of nitrogens with zero attached hydrogens (tertiary/aromatic N) is 2. The van der Waals surface area contributed by atoms with Gasteiger partial charge in [-0.15, -0.1) is 0 Å². The van der Waals surface area contributed by atoms with E-state index in [9.17, 15) is 0 Å². The molecule has 0 amide bonds. The van der Waals surface area contributed by atoms with E-state index in [-0.39, 0.29) is 0 Å². The molecular formula is C22H17ClN2. The maximum atomic E-state index is 6.26. The third-order valence-electron chi connectivity index (χ3n) is 4.18. The van der Waals surface area contributed by atoms with Crippen LogP contribution in [0.4, 0.5) is 0 Å². The fourth-order valence-corrected chi connectivity index (χ4v) is 3.13. The molecule has 0 aliphatic carbocycles. The quantitative estimate of drug-likeness (QED) is 0.450. The number of rotatable bonds is 4. The SMILES string of the molecule is Clc1ccccc1/C=C/c1nc2ccccc2n1Cc1ccccc1. The molecule has 0 atom stereocenters. The minimum atomic E-state index is 0.740. The van der Waals surface area contributed by atoms with Crippen LogP contribution >= 0.6 is 11.6 Å². The molecule has 3 heteroatoms. The van der Waals surface area contributed by atoms with Crippen molar-refractivity contribution in [3.05, 3.63) is 101 Å². The van der Waals surface area contributed by atoms with Crippen LogP contribution in [-0.4, -0.2) is 9.55 Å². The third kappa shape index (κ3) is 3.35. The summed E-state index contributed by atoms with van der Waals surface area (Å²) >= 11 is 6.26. The molecular weight excluding hydrogens is 328 g/mol. The molecule has 1 aromatic heterocycles. The van der Waals surface area contributed by atoms with E-state index in [0.29, 0.717) is 0 Å². The smallest absolute Gasteiger partial charge is 0.134 e. The monoisotopic (exact) mass is 344 g/mol. The summed E-state index contributed by atoms with van der Waals surface area (Å²) < 4.78 is 2.23. The summed E-state index contributed by atoms with van der Waals surface area (Å²) in [7, 11) is 0. The van der Waals surface area contributed by atoms with E-state index in [0.717, 1.165) is 34.0 Å². The van der Waals surface area contributed by atoms with Crippen LogP contribution in [0.5, 0.6) is 0 Å². The second kappa shape index (κ2) is 6.96. The molecule has 1 heterocycles. The van der Waals surface area contributed by atoms with Crippen LogP contribution in [-0.2, 0) is 6.54 Å². The average molecular weight is 345 g/mol. The molecule has 0 spiro atoms. The van der Waals surface area contributed by atoms with Crippen LogP contribution in [0.15, 0.2) is 78.9 Å². The van der Waals surface area contributed by atoms with Gasteiger partial charge in [-0.05, 0) is 41.5 Å². The number of halogens is 1. The second-order valence-electron chi connectivity index (χ2n) is 5.89. The first-order valence-corrected chi connectivity index (χ1v) is 8.61. The van der Waals surface area contributed by atoms with Gasteiger partial charge in [0.2, 0.25) is 0 Å². The molecule has 4 aromatic rings. The van der Waals surface area contributed by atoms with Gasteiger partial charge >= 0.3 is 0 Å².